The van der Waals surface area contributed by atoms with Crippen molar-refractivity contribution < 1.29 is 4.39 Å². The van der Waals surface area contributed by atoms with Gasteiger partial charge in [0, 0.05) is 6.04 Å². The molecule has 2 aromatic rings. The van der Waals surface area contributed by atoms with Crippen molar-refractivity contribution in [3.63, 3.8) is 0 Å². The van der Waals surface area contributed by atoms with Gasteiger partial charge >= 0.3 is 0 Å². The molecule has 0 radical (unpaired) electrons. The lowest BCUT2D eigenvalue weighted by atomic mass is 9.83. The van der Waals surface area contributed by atoms with E-state index in [-0.39, 0.29) is 5.82 Å². The molecule has 0 fully saturated rings. The molecule has 0 heterocycles. The third-order valence-corrected chi connectivity index (χ3v) is 5.15. The number of fused-ring (bicyclic) bond motifs is 1. The summed E-state index contributed by atoms with van der Waals surface area (Å²) in [6.07, 6.45) is 5.94. The highest BCUT2D eigenvalue weighted by atomic mass is 19.1. The number of halogens is 1. The Morgan fingerprint density at radius 3 is 2.38 bits per heavy atom. The number of rotatable bonds is 6. The third-order valence-electron chi connectivity index (χ3n) is 5.15. The average molecular weight is 325 g/mol. The summed E-state index contributed by atoms with van der Waals surface area (Å²) in [6, 6.07) is 14.2. The molecule has 0 N–H and O–H groups in total. The normalized spacial score (nSPS) is 17.1. The molecular weight excluding hydrogens is 297 g/mol. The largest absolute Gasteiger partial charge is 0.300 e. The van der Waals surface area contributed by atoms with E-state index in [1.165, 1.54) is 49.0 Å². The maximum Gasteiger partial charge on any atom is 0.123 e. The molecule has 0 aromatic heterocycles. The van der Waals surface area contributed by atoms with Gasteiger partial charge in [0.05, 0.1) is 0 Å². The zero-order valence-electron chi connectivity index (χ0n) is 14.9. The van der Waals surface area contributed by atoms with E-state index >= 15 is 0 Å². The average Bonchev–Trinajstić information content (AvgIpc) is 2.61. The molecular formula is C22H28FN. The lowest BCUT2D eigenvalue weighted by Crippen LogP contribution is -2.40. The summed E-state index contributed by atoms with van der Waals surface area (Å²) in [4.78, 5) is 2.67. The van der Waals surface area contributed by atoms with Crippen LogP contribution in [0.3, 0.4) is 0 Å². The van der Waals surface area contributed by atoms with Crippen molar-refractivity contribution in [1.82, 2.24) is 4.90 Å². The Morgan fingerprint density at radius 1 is 1.00 bits per heavy atom. The number of aryl methyl sites for hydroxylation is 1. The number of benzene rings is 2. The van der Waals surface area contributed by atoms with E-state index in [4.69, 9.17) is 0 Å². The van der Waals surface area contributed by atoms with Crippen molar-refractivity contribution in [1.29, 1.82) is 0 Å². The molecule has 1 nitrogen and oxygen atoms in total. The molecule has 2 heteroatoms. The van der Waals surface area contributed by atoms with Gasteiger partial charge in [-0.15, -0.1) is 0 Å². The van der Waals surface area contributed by atoms with Crippen molar-refractivity contribution in [2.75, 3.05) is 13.1 Å². The topological polar surface area (TPSA) is 3.24 Å². The third kappa shape index (κ3) is 3.70. The Bertz CT molecular complexity index is 656. The van der Waals surface area contributed by atoms with Gasteiger partial charge in [0.15, 0.2) is 0 Å². The van der Waals surface area contributed by atoms with Gasteiger partial charge in [0.1, 0.15) is 5.82 Å². The van der Waals surface area contributed by atoms with Gasteiger partial charge in [-0.05, 0) is 79.6 Å². The van der Waals surface area contributed by atoms with E-state index in [1.54, 1.807) is 12.1 Å². The quantitative estimate of drug-likeness (QED) is 0.680. The fourth-order valence-electron chi connectivity index (χ4n) is 4.03. The second-order valence-electron chi connectivity index (χ2n) is 6.88. The smallest absolute Gasteiger partial charge is 0.123 e. The molecule has 0 bridgehead atoms. The van der Waals surface area contributed by atoms with Gasteiger partial charge in [-0.2, -0.15) is 0 Å². The molecule has 1 atom stereocenters. The summed E-state index contributed by atoms with van der Waals surface area (Å²) in [7, 11) is 0. The Balaban J connectivity index is 1.90. The molecule has 1 aliphatic carbocycles. The molecule has 0 spiro atoms. The highest BCUT2D eigenvalue weighted by Crippen LogP contribution is 2.33. The molecule has 2 aromatic carbocycles. The fraction of sp³-hybridized carbons (Fsp3) is 0.455. The van der Waals surface area contributed by atoms with E-state index in [0.29, 0.717) is 6.04 Å². The summed E-state index contributed by atoms with van der Waals surface area (Å²) >= 11 is 0. The minimum atomic E-state index is -0.168. The highest BCUT2D eigenvalue weighted by molar-refractivity contribution is 5.69. The van der Waals surface area contributed by atoms with Crippen molar-refractivity contribution in [3.8, 4) is 11.1 Å². The van der Waals surface area contributed by atoms with Crippen molar-refractivity contribution >= 4 is 0 Å². The van der Waals surface area contributed by atoms with Gasteiger partial charge in [-0.1, -0.05) is 44.2 Å². The van der Waals surface area contributed by atoms with Crippen LogP contribution in [0.5, 0.6) is 0 Å². The first-order chi connectivity index (χ1) is 11.7. The predicted octanol–water partition coefficient (Wildman–Crippen LogP) is 5.47. The fourth-order valence-corrected chi connectivity index (χ4v) is 4.03. The Labute approximate surface area is 145 Å². The Kier molecular flexibility index (Phi) is 5.68. The molecule has 24 heavy (non-hydrogen) atoms. The highest BCUT2D eigenvalue weighted by Gasteiger charge is 2.25. The molecule has 1 aliphatic rings. The first kappa shape index (κ1) is 17.2. The SMILES string of the molecule is CCCN(CCC)[C@H]1CCc2cccc(-c3ccc(F)cc3)c2C1. The van der Waals surface area contributed by atoms with Crippen LogP contribution in [-0.4, -0.2) is 24.0 Å². The van der Waals surface area contributed by atoms with Crippen LogP contribution >= 0.6 is 0 Å². The molecule has 0 amide bonds. The molecule has 0 aliphatic heterocycles. The van der Waals surface area contributed by atoms with Crippen LogP contribution in [0.1, 0.15) is 44.2 Å². The van der Waals surface area contributed by atoms with Crippen molar-refractivity contribution in [2.45, 2.75) is 52.0 Å². The van der Waals surface area contributed by atoms with Gasteiger partial charge < -0.3 is 4.90 Å². The summed E-state index contributed by atoms with van der Waals surface area (Å²) in [5, 5.41) is 0. The van der Waals surface area contributed by atoms with E-state index in [0.717, 1.165) is 18.4 Å². The molecule has 3 rings (SSSR count). The van der Waals surface area contributed by atoms with Crippen LogP contribution < -0.4 is 0 Å². The van der Waals surface area contributed by atoms with Crippen LogP contribution in [0.25, 0.3) is 11.1 Å². The number of hydrogen-bond acceptors (Lipinski definition) is 1. The second kappa shape index (κ2) is 7.94. The van der Waals surface area contributed by atoms with Crippen LogP contribution in [0, 0.1) is 5.82 Å². The van der Waals surface area contributed by atoms with Gasteiger partial charge in [0.25, 0.3) is 0 Å². The first-order valence-electron chi connectivity index (χ1n) is 9.33. The van der Waals surface area contributed by atoms with Gasteiger partial charge in [-0.25, -0.2) is 4.39 Å². The predicted molar refractivity (Wildman–Crippen MR) is 99.8 cm³/mol. The minimum Gasteiger partial charge on any atom is -0.300 e. The number of nitrogens with zero attached hydrogens (tertiary/aromatic N) is 1. The summed E-state index contributed by atoms with van der Waals surface area (Å²) in [6.45, 7) is 6.91. The van der Waals surface area contributed by atoms with Crippen molar-refractivity contribution in [3.05, 3.63) is 59.4 Å². The lowest BCUT2D eigenvalue weighted by Gasteiger charge is -2.36. The lowest BCUT2D eigenvalue weighted by molar-refractivity contribution is 0.180. The molecule has 128 valence electrons. The van der Waals surface area contributed by atoms with Crippen molar-refractivity contribution in [2.24, 2.45) is 0 Å². The summed E-state index contributed by atoms with van der Waals surface area (Å²) in [5.41, 5.74) is 5.36. The monoisotopic (exact) mass is 325 g/mol. The Morgan fingerprint density at radius 2 is 1.71 bits per heavy atom. The molecule has 0 unspecified atom stereocenters. The number of hydrogen-bond donors (Lipinski definition) is 0. The van der Waals surface area contributed by atoms with E-state index in [2.05, 4.69) is 36.9 Å². The summed E-state index contributed by atoms with van der Waals surface area (Å²) in [5.74, 6) is -0.168. The van der Waals surface area contributed by atoms with Gasteiger partial charge in [0.2, 0.25) is 0 Å². The zero-order valence-corrected chi connectivity index (χ0v) is 14.9. The minimum absolute atomic E-state index is 0.168. The summed E-state index contributed by atoms with van der Waals surface area (Å²) < 4.78 is 13.3. The van der Waals surface area contributed by atoms with Crippen LogP contribution in [0.2, 0.25) is 0 Å². The van der Waals surface area contributed by atoms with E-state index < -0.39 is 0 Å². The first-order valence-corrected chi connectivity index (χ1v) is 9.33. The zero-order chi connectivity index (χ0) is 16.9. The maximum absolute atomic E-state index is 13.3. The van der Waals surface area contributed by atoms with Crippen LogP contribution in [0.4, 0.5) is 4.39 Å². The van der Waals surface area contributed by atoms with Crippen LogP contribution in [0.15, 0.2) is 42.5 Å². The van der Waals surface area contributed by atoms with Crippen LogP contribution in [-0.2, 0) is 12.8 Å². The standard InChI is InChI=1S/C22H28FN/c1-3-14-24(15-4-2)20-13-10-17-6-5-7-21(22(17)16-20)18-8-11-19(23)12-9-18/h5-9,11-12,20H,3-4,10,13-16H2,1-2H3/t20-/m0/s1. The van der Waals surface area contributed by atoms with E-state index in [9.17, 15) is 4.39 Å². The Hall–Kier alpha value is -1.67. The van der Waals surface area contributed by atoms with Gasteiger partial charge in [-0.3, -0.25) is 0 Å². The van der Waals surface area contributed by atoms with E-state index in [1.807, 2.05) is 12.1 Å². The second-order valence-corrected chi connectivity index (χ2v) is 6.88. The molecule has 0 saturated carbocycles. The molecule has 0 saturated heterocycles. The maximum atomic E-state index is 13.3.